The van der Waals surface area contributed by atoms with E-state index >= 15 is 0 Å². The van der Waals surface area contributed by atoms with Gasteiger partial charge >= 0.3 is 11.6 Å². The van der Waals surface area contributed by atoms with Gasteiger partial charge in [0.25, 0.3) is 0 Å². The smallest absolute Gasteiger partial charge is 0.353 e. The first-order chi connectivity index (χ1) is 13.7. The molecule has 172 valence electrons. The molecule has 0 aromatic heterocycles. The molecule has 2 saturated heterocycles. The number of hydrogen-bond donors (Lipinski definition) is 0. The minimum absolute atomic E-state index is 0.0270. The third-order valence-corrected chi connectivity index (χ3v) is 5.83. The van der Waals surface area contributed by atoms with Crippen LogP contribution in [0.4, 0.5) is 0 Å². The first-order valence-corrected chi connectivity index (χ1v) is 10.8. The van der Waals surface area contributed by atoms with E-state index in [4.69, 9.17) is 15.0 Å². The zero-order valence-electron chi connectivity index (χ0n) is 20.4. The van der Waals surface area contributed by atoms with Crippen LogP contribution in [-0.2, 0) is 19.1 Å². The molecule has 2 rings (SSSR count). The lowest BCUT2D eigenvalue weighted by atomic mass is 10.0. The highest BCUT2D eigenvalue weighted by molar-refractivity contribution is 6.35. The van der Waals surface area contributed by atoms with Gasteiger partial charge in [-0.1, -0.05) is 34.6 Å². The van der Waals surface area contributed by atoms with Gasteiger partial charge in [-0.05, 0) is 39.5 Å². The Bertz CT molecular complexity index is 681. The maximum absolute atomic E-state index is 12.1. The molecule has 2 fully saturated rings. The minimum atomic E-state index is -0.641. The van der Waals surface area contributed by atoms with E-state index in [2.05, 4.69) is 18.6 Å². The number of amides is 2. The second kappa shape index (κ2) is 10.0. The van der Waals surface area contributed by atoms with E-state index in [0.717, 1.165) is 0 Å². The van der Waals surface area contributed by atoms with Crippen LogP contribution in [0.2, 0.25) is 0 Å². The van der Waals surface area contributed by atoms with E-state index in [9.17, 15) is 9.59 Å². The van der Waals surface area contributed by atoms with Gasteiger partial charge in [-0.15, -0.1) is 0 Å². The predicted octanol–water partition coefficient (Wildman–Crippen LogP) is 3.31. The fraction of sp³-hybridized carbons (Fsp3) is 0.864. The lowest BCUT2D eigenvalue weighted by Gasteiger charge is -2.35. The Labute approximate surface area is 181 Å². The summed E-state index contributed by atoms with van der Waals surface area (Å²) in [6, 6.07) is 0.261. The first kappa shape index (κ1) is 26.3. The number of nitrogens with zero attached hydrogens (tertiary/aromatic N) is 4. The number of carbonyl (C=O) groups is 2. The Kier molecular flexibility index (Phi) is 8.79. The van der Waals surface area contributed by atoms with Gasteiger partial charge in [-0.3, -0.25) is 14.5 Å². The van der Waals surface area contributed by atoms with E-state index < -0.39 is 11.4 Å². The van der Waals surface area contributed by atoms with Crippen LogP contribution in [0.5, 0.6) is 0 Å². The number of ether oxygens (including phenoxy) is 2. The number of hydrogen-bond acceptors (Lipinski definition) is 4. The van der Waals surface area contributed by atoms with Crippen molar-refractivity contribution in [1.29, 1.82) is 0 Å². The molecule has 0 aromatic carbocycles. The van der Waals surface area contributed by atoms with E-state index in [-0.39, 0.29) is 29.6 Å². The molecule has 0 aromatic rings. The molecule has 0 aliphatic carbocycles. The van der Waals surface area contributed by atoms with Crippen molar-refractivity contribution < 1.29 is 23.9 Å². The third-order valence-electron chi connectivity index (χ3n) is 5.83. The summed E-state index contributed by atoms with van der Waals surface area (Å²) >= 11 is 0. The molecular formula is C22H40N4O4. The van der Waals surface area contributed by atoms with Crippen LogP contribution < -0.4 is 0 Å². The SMILES string of the molecule is CC(=[N+]=[N-])C(=O)N1[C@@H](C(C)C)COC1(C)C.CCC(=O)N1[C@@H](C(C)C)COC1(C)C. The van der Waals surface area contributed by atoms with E-state index in [1.807, 2.05) is 53.4 Å². The quantitative estimate of drug-likeness (QED) is 0.393. The molecule has 8 nitrogen and oxygen atoms in total. The molecule has 0 spiro atoms. The average molecular weight is 425 g/mol. The zero-order valence-corrected chi connectivity index (χ0v) is 20.4. The monoisotopic (exact) mass is 424 g/mol. The highest BCUT2D eigenvalue weighted by Crippen LogP contribution is 2.32. The first-order valence-electron chi connectivity index (χ1n) is 10.8. The predicted molar refractivity (Wildman–Crippen MR) is 116 cm³/mol. The summed E-state index contributed by atoms with van der Waals surface area (Å²) in [5.41, 5.74) is 7.68. The molecule has 0 radical (unpaired) electrons. The van der Waals surface area contributed by atoms with Crippen molar-refractivity contribution in [2.24, 2.45) is 11.8 Å². The van der Waals surface area contributed by atoms with Crippen LogP contribution in [0.3, 0.4) is 0 Å². The second-order valence-electron chi connectivity index (χ2n) is 9.62. The van der Waals surface area contributed by atoms with Crippen molar-refractivity contribution in [3.05, 3.63) is 5.53 Å². The maximum Gasteiger partial charge on any atom is 0.353 e. The highest BCUT2D eigenvalue weighted by atomic mass is 16.5. The topological polar surface area (TPSA) is 95.5 Å². The van der Waals surface area contributed by atoms with Crippen molar-refractivity contribution in [3.8, 4) is 0 Å². The lowest BCUT2D eigenvalue weighted by Crippen LogP contribution is -2.51. The van der Waals surface area contributed by atoms with Gasteiger partial charge in [-0.25, -0.2) is 0 Å². The summed E-state index contributed by atoms with van der Waals surface area (Å²) in [5, 5.41) is 0. The van der Waals surface area contributed by atoms with Crippen LogP contribution >= 0.6 is 0 Å². The molecule has 0 N–H and O–H groups in total. The van der Waals surface area contributed by atoms with Crippen molar-refractivity contribution >= 4 is 17.5 Å². The van der Waals surface area contributed by atoms with Crippen molar-refractivity contribution in [3.63, 3.8) is 0 Å². The summed E-state index contributed by atoms with van der Waals surface area (Å²) in [6.07, 6.45) is 0.552. The molecule has 2 amide bonds. The Hall–Kier alpha value is -1.76. The standard InChI is InChI=1S/C11H19N3O2.C11H21NO2/c1-7(2)9-6-16-11(4,5)14(9)10(15)8(3)13-12;1-6-10(13)12-9(8(2)3)7-14-11(12,4)5/h7,9H,6H2,1-5H3;8-9H,6-7H2,1-5H3/t2*9-/m11/s1. The summed E-state index contributed by atoms with van der Waals surface area (Å²) in [7, 11) is 0. The molecule has 2 aliphatic rings. The van der Waals surface area contributed by atoms with Crippen LogP contribution in [-0.4, -0.2) is 68.9 Å². The second-order valence-corrected chi connectivity index (χ2v) is 9.62. The third kappa shape index (κ3) is 5.68. The van der Waals surface area contributed by atoms with Gasteiger partial charge in [0.1, 0.15) is 11.4 Å². The van der Waals surface area contributed by atoms with Crippen LogP contribution in [0.25, 0.3) is 5.53 Å². The minimum Gasteiger partial charge on any atom is -0.361 e. The van der Waals surface area contributed by atoms with Gasteiger partial charge in [0, 0.05) is 13.3 Å². The molecule has 0 bridgehead atoms. The van der Waals surface area contributed by atoms with E-state index in [1.165, 1.54) is 6.92 Å². The Morgan fingerprint density at radius 3 is 1.73 bits per heavy atom. The van der Waals surface area contributed by atoms with Crippen molar-refractivity contribution in [2.45, 2.75) is 99.2 Å². The highest BCUT2D eigenvalue weighted by Gasteiger charge is 2.47. The molecule has 2 atom stereocenters. The number of carbonyl (C=O) groups excluding carboxylic acids is 2. The zero-order chi connectivity index (χ0) is 23.4. The summed E-state index contributed by atoms with van der Waals surface area (Å²) in [6.45, 7) is 20.5. The van der Waals surface area contributed by atoms with Gasteiger partial charge in [0.15, 0.2) is 0 Å². The largest absolute Gasteiger partial charge is 0.361 e. The van der Waals surface area contributed by atoms with Gasteiger partial charge in [0.2, 0.25) is 5.91 Å². The average Bonchev–Trinajstić information content (AvgIpc) is 3.15. The molecule has 8 heteroatoms. The summed E-state index contributed by atoms with van der Waals surface area (Å²) in [5.74, 6) is 0.666. The van der Waals surface area contributed by atoms with Gasteiger partial charge in [-0.2, -0.15) is 4.79 Å². The van der Waals surface area contributed by atoms with Crippen molar-refractivity contribution in [1.82, 2.24) is 9.80 Å². The molecule has 2 aliphatic heterocycles. The van der Waals surface area contributed by atoms with Crippen LogP contribution in [0, 0.1) is 11.8 Å². The number of rotatable bonds is 4. The summed E-state index contributed by atoms with van der Waals surface area (Å²) < 4.78 is 11.3. The Morgan fingerprint density at radius 2 is 1.37 bits per heavy atom. The molecule has 2 heterocycles. The molecule has 30 heavy (non-hydrogen) atoms. The van der Waals surface area contributed by atoms with Crippen molar-refractivity contribution in [2.75, 3.05) is 13.2 Å². The Balaban J connectivity index is 0.000000303. The molecular weight excluding hydrogens is 384 g/mol. The Morgan fingerprint density at radius 1 is 0.967 bits per heavy atom. The molecule has 0 saturated carbocycles. The van der Waals surface area contributed by atoms with E-state index in [0.29, 0.717) is 31.5 Å². The molecule has 0 unspecified atom stereocenters. The van der Waals surface area contributed by atoms with Gasteiger partial charge in [0.05, 0.1) is 25.3 Å². The fourth-order valence-electron chi connectivity index (χ4n) is 3.91. The normalized spacial score (nSPS) is 24.5. The van der Waals surface area contributed by atoms with Crippen LogP contribution in [0.15, 0.2) is 0 Å². The van der Waals surface area contributed by atoms with E-state index in [1.54, 1.807) is 4.90 Å². The maximum atomic E-state index is 12.1. The van der Waals surface area contributed by atoms with Crippen LogP contribution in [0.1, 0.15) is 75.7 Å². The van der Waals surface area contributed by atoms with Gasteiger partial charge < -0.3 is 19.9 Å². The lowest BCUT2D eigenvalue weighted by molar-refractivity contribution is -0.146. The summed E-state index contributed by atoms with van der Waals surface area (Å²) in [4.78, 5) is 30.4. The fourth-order valence-corrected chi connectivity index (χ4v) is 3.91.